The van der Waals surface area contributed by atoms with Crippen LogP contribution in [0.2, 0.25) is 0 Å². The molecule has 2 amide bonds. The number of carbonyl (C=O) groups excluding carboxylic acids is 3. The Bertz CT molecular complexity index is 650. The van der Waals surface area contributed by atoms with Crippen LogP contribution in [-0.2, 0) is 25.5 Å². The van der Waals surface area contributed by atoms with Crippen molar-refractivity contribution in [3.8, 4) is 0 Å². The molecule has 1 aliphatic rings. The van der Waals surface area contributed by atoms with Crippen molar-refractivity contribution in [1.29, 1.82) is 0 Å². The van der Waals surface area contributed by atoms with Gasteiger partial charge in [0.05, 0.1) is 13.2 Å². The normalized spacial score (nSPS) is 16.0. The SMILES string of the molecule is COC(=O)CCCCCCN1C(=O)CCC1COC(=O)NCCc1ccccc1. The molecule has 1 aromatic rings. The lowest BCUT2D eigenvalue weighted by Crippen LogP contribution is -2.38. The van der Waals surface area contributed by atoms with Crippen LogP contribution in [0.1, 0.15) is 50.5 Å². The van der Waals surface area contributed by atoms with Crippen LogP contribution in [0.25, 0.3) is 0 Å². The fraction of sp³-hybridized carbons (Fsp3) is 0.591. The maximum Gasteiger partial charge on any atom is 0.407 e. The Morgan fingerprint density at radius 2 is 1.90 bits per heavy atom. The highest BCUT2D eigenvalue weighted by Gasteiger charge is 2.31. The average molecular weight is 405 g/mol. The van der Waals surface area contributed by atoms with Crippen molar-refractivity contribution in [2.45, 2.75) is 57.4 Å². The third kappa shape index (κ3) is 8.54. The summed E-state index contributed by atoms with van der Waals surface area (Å²) in [6, 6.07) is 9.89. The highest BCUT2D eigenvalue weighted by molar-refractivity contribution is 5.78. The number of hydrogen-bond donors (Lipinski definition) is 1. The molecule has 7 heteroatoms. The van der Waals surface area contributed by atoms with Gasteiger partial charge in [-0.15, -0.1) is 0 Å². The molecule has 1 aliphatic heterocycles. The van der Waals surface area contributed by atoms with E-state index in [1.165, 1.54) is 7.11 Å². The summed E-state index contributed by atoms with van der Waals surface area (Å²) in [6.45, 7) is 1.41. The lowest BCUT2D eigenvalue weighted by Gasteiger charge is -2.24. The summed E-state index contributed by atoms with van der Waals surface area (Å²) >= 11 is 0. The molecule has 0 bridgehead atoms. The van der Waals surface area contributed by atoms with Crippen molar-refractivity contribution in [3.05, 3.63) is 35.9 Å². The molecule has 0 aliphatic carbocycles. The number of rotatable bonds is 12. The molecule has 0 saturated carbocycles. The molecule has 1 saturated heterocycles. The maximum absolute atomic E-state index is 12.1. The van der Waals surface area contributed by atoms with E-state index in [4.69, 9.17) is 4.74 Å². The van der Waals surface area contributed by atoms with E-state index in [2.05, 4.69) is 10.1 Å². The van der Waals surface area contributed by atoms with Gasteiger partial charge in [0.25, 0.3) is 0 Å². The first-order valence-corrected chi connectivity index (χ1v) is 10.4. The van der Waals surface area contributed by atoms with Gasteiger partial charge in [-0.05, 0) is 31.2 Å². The molecule has 7 nitrogen and oxygen atoms in total. The monoisotopic (exact) mass is 404 g/mol. The molecule has 0 spiro atoms. The van der Waals surface area contributed by atoms with Crippen molar-refractivity contribution >= 4 is 18.0 Å². The number of nitrogens with one attached hydrogen (secondary N) is 1. The van der Waals surface area contributed by atoms with Crippen molar-refractivity contribution in [2.24, 2.45) is 0 Å². The number of amides is 2. The van der Waals surface area contributed by atoms with E-state index in [1.807, 2.05) is 35.2 Å². The molecule has 1 fully saturated rings. The number of hydrogen-bond acceptors (Lipinski definition) is 5. The fourth-order valence-corrected chi connectivity index (χ4v) is 3.46. The Morgan fingerprint density at radius 3 is 2.66 bits per heavy atom. The number of esters is 1. The summed E-state index contributed by atoms with van der Waals surface area (Å²) in [6.07, 6.45) is 5.54. The summed E-state index contributed by atoms with van der Waals surface area (Å²) in [5, 5.41) is 2.76. The number of alkyl carbamates (subject to hydrolysis) is 1. The van der Waals surface area contributed by atoms with Gasteiger partial charge in [0, 0.05) is 25.9 Å². The van der Waals surface area contributed by atoms with E-state index in [-0.39, 0.29) is 24.5 Å². The predicted octanol–water partition coefficient (Wildman–Crippen LogP) is 3.07. The minimum atomic E-state index is -0.442. The van der Waals surface area contributed by atoms with Gasteiger partial charge in [0.1, 0.15) is 6.61 Å². The first kappa shape index (κ1) is 22.7. The van der Waals surface area contributed by atoms with E-state index < -0.39 is 6.09 Å². The molecule has 160 valence electrons. The molecular formula is C22H32N2O5. The Balaban J connectivity index is 1.59. The van der Waals surface area contributed by atoms with E-state index in [9.17, 15) is 14.4 Å². The van der Waals surface area contributed by atoms with E-state index in [0.29, 0.717) is 25.9 Å². The largest absolute Gasteiger partial charge is 0.469 e. The number of likely N-dealkylation sites (tertiary alicyclic amines) is 1. The second kappa shape index (κ2) is 12.8. The lowest BCUT2D eigenvalue weighted by molar-refractivity contribution is -0.140. The second-order valence-corrected chi connectivity index (χ2v) is 7.28. The van der Waals surface area contributed by atoms with Crippen LogP contribution >= 0.6 is 0 Å². The van der Waals surface area contributed by atoms with Crippen LogP contribution in [0, 0.1) is 0 Å². The van der Waals surface area contributed by atoms with Crippen LogP contribution in [0.15, 0.2) is 30.3 Å². The van der Waals surface area contributed by atoms with Gasteiger partial charge < -0.3 is 19.7 Å². The standard InChI is InChI=1S/C22H32N2O5/c1-28-21(26)11-7-2-3-8-16-24-19(12-13-20(24)25)17-29-22(27)23-15-14-18-9-5-4-6-10-18/h4-6,9-10,19H,2-3,7-8,11-17H2,1H3,(H,23,27). The Kier molecular flexibility index (Phi) is 10.0. The quantitative estimate of drug-likeness (QED) is 0.427. The highest BCUT2D eigenvalue weighted by atomic mass is 16.5. The zero-order chi connectivity index (χ0) is 20.9. The highest BCUT2D eigenvalue weighted by Crippen LogP contribution is 2.20. The zero-order valence-electron chi connectivity index (χ0n) is 17.2. The summed E-state index contributed by atoms with van der Waals surface area (Å²) in [5.41, 5.74) is 1.16. The Morgan fingerprint density at radius 1 is 1.14 bits per heavy atom. The molecule has 0 aromatic heterocycles. The van der Waals surface area contributed by atoms with Gasteiger partial charge in [-0.2, -0.15) is 0 Å². The summed E-state index contributed by atoms with van der Waals surface area (Å²) in [4.78, 5) is 36.9. The van der Waals surface area contributed by atoms with Crippen molar-refractivity contribution < 1.29 is 23.9 Å². The predicted molar refractivity (Wildman–Crippen MR) is 109 cm³/mol. The topological polar surface area (TPSA) is 84.9 Å². The van der Waals surface area contributed by atoms with Crippen LogP contribution < -0.4 is 5.32 Å². The molecular weight excluding hydrogens is 372 g/mol. The lowest BCUT2D eigenvalue weighted by atomic mass is 10.1. The van der Waals surface area contributed by atoms with Crippen LogP contribution in [0.5, 0.6) is 0 Å². The van der Waals surface area contributed by atoms with E-state index >= 15 is 0 Å². The van der Waals surface area contributed by atoms with Gasteiger partial charge in [-0.1, -0.05) is 43.2 Å². The van der Waals surface area contributed by atoms with Gasteiger partial charge >= 0.3 is 12.1 Å². The summed E-state index contributed by atoms with van der Waals surface area (Å²) in [5.74, 6) is -0.0587. The van der Waals surface area contributed by atoms with Crippen molar-refractivity contribution in [1.82, 2.24) is 10.2 Å². The summed E-state index contributed by atoms with van der Waals surface area (Å²) < 4.78 is 9.95. The number of unbranched alkanes of at least 4 members (excludes halogenated alkanes) is 3. The van der Waals surface area contributed by atoms with Gasteiger partial charge in [-0.25, -0.2) is 4.79 Å². The molecule has 29 heavy (non-hydrogen) atoms. The first-order valence-electron chi connectivity index (χ1n) is 10.4. The second-order valence-electron chi connectivity index (χ2n) is 7.28. The molecule has 1 unspecified atom stereocenters. The smallest absolute Gasteiger partial charge is 0.407 e. The third-order valence-corrected chi connectivity index (χ3v) is 5.14. The van der Waals surface area contributed by atoms with Crippen molar-refractivity contribution in [2.75, 3.05) is 26.8 Å². The third-order valence-electron chi connectivity index (χ3n) is 5.14. The molecule has 1 N–H and O–H groups in total. The number of nitrogens with zero attached hydrogens (tertiary/aromatic N) is 1. The minimum Gasteiger partial charge on any atom is -0.469 e. The molecule has 1 aromatic carbocycles. The maximum atomic E-state index is 12.1. The van der Waals surface area contributed by atoms with Crippen LogP contribution in [0.4, 0.5) is 4.79 Å². The Labute approximate surface area is 172 Å². The molecule has 0 radical (unpaired) electrons. The minimum absolute atomic E-state index is 0.0440. The van der Waals surface area contributed by atoms with Crippen LogP contribution in [0.3, 0.4) is 0 Å². The Hall–Kier alpha value is -2.57. The zero-order valence-corrected chi connectivity index (χ0v) is 17.2. The van der Waals surface area contributed by atoms with Gasteiger partial charge in [0.15, 0.2) is 0 Å². The summed E-state index contributed by atoms with van der Waals surface area (Å²) in [7, 11) is 1.40. The molecule has 1 atom stereocenters. The van der Waals surface area contributed by atoms with Gasteiger partial charge in [0.2, 0.25) is 5.91 Å². The number of carbonyl (C=O) groups is 3. The number of benzene rings is 1. The van der Waals surface area contributed by atoms with E-state index in [1.54, 1.807) is 0 Å². The molecule has 1 heterocycles. The fourth-order valence-electron chi connectivity index (χ4n) is 3.46. The average Bonchev–Trinajstić information content (AvgIpc) is 3.09. The number of ether oxygens (including phenoxy) is 2. The van der Waals surface area contributed by atoms with Gasteiger partial charge in [-0.3, -0.25) is 9.59 Å². The molecule has 2 rings (SSSR count). The van der Waals surface area contributed by atoms with Crippen LogP contribution in [-0.4, -0.2) is 55.7 Å². The first-order chi connectivity index (χ1) is 14.1. The van der Waals surface area contributed by atoms with E-state index in [0.717, 1.165) is 44.1 Å². The van der Waals surface area contributed by atoms with Crippen molar-refractivity contribution in [3.63, 3.8) is 0 Å². The number of methoxy groups -OCH3 is 1.